The van der Waals surface area contributed by atoms with E-state index in [-0.39, 0.29) is 16.8 Å². The molecule has 2 aromatic carbocycles. The summed E-state index contributed by atoms with van der Waals surface area (Å²) < 4.78 is 20.5. The van der Waals surface area contributed by atoms with Crippen molar-refractivity contribution >= 4 is 28.8 Å². The second-order valence-corrected chi connectivity index (χ2v) is 8.98. The first-order valence-electron chi connectivity index (χ1n) is 11.5. The molecule has 1 saturated heterocycles. The molecule has 2 aromatic heterocycles. The number of hydrogen-bond donors (Lipinski definition) is 1. The third-order valence-corrected chi connectivity index (χ3v) is 6.64. The molecule has 9 heteroatoms. The minimum Gasteiger partial charge on any atom is -0.497 e. The normalized spacial score (nSPS) is 14.3. The quantitative estimate of drug-likeness (QED) is 0.420. The number of piperidine rings is 1. The van der Waals surface area contributed by atoms with E-state index in [9.17, 15) is 9.18 Å². The lowest BCUT2D eigenvalue weighted by Crippen LogP contribution is -2.40. The Morgan fingerprint density at radius 3 is 2.80 bits per heavy atom. The standard InChI is InChI=1S/C26H25ClFN5O2/c1-35-20-4-2-3-19(14-20)23-15-24-25(29-9-12-33(24)31-23)32-10-7-18(8-11-32)26(34)30-16-17-5-6-22(28)21(27)13-17/h2-6,9,12-15,18H,7-8,10-11,16H2,1H3,(H,30,34). The zero-order valence-electron chi connectivity index (χ0n) is 19.2. The summed E-state index contributed by atoms with van der Waals surface area (Å²) in [4.78, 5) is 19.5. The largest absolute Gasteiger partial charge is 0.497 e. The number of carbonyl (C=O) groups is 1. The lowest BCUT2D eigenvalue weighted by Gasteiger charge is -2.32. The Morgan fingerprint density at radius 1 is 1.20 bits per heavy atom. The van der Waals surface area contributed by atoms with Gasteiger partial charge >= 0.3 is 0 Å². The van der Waals surface area contributed by atoms with Crippen LogP contribution in [0.2, 0.25) is 5.02 Å². The second kappa shape index (κ2) is 9.92. The monoisotopic (exact) mass is 493 g/mol. The van der Waals surface area contributed by atoms with Crippen LogP contribution in [0.4, 0.5) is 10.2 Å². The molecule has 35 heavy (non-hydrogen) atoms. The van der Waals surface area contributed by atoms with Crippen LogP contribution in [0.5, 0.6) is 5.75 Å². The summed E-state index contributed by atoms with van der Waals surface area (Å²) in [6.45, 7) is 1.75. The third-order valence-electron chi connectivity index (χ3n) is 6.35. The maximum absolute atomic E-state index is 13.3. The van der Waals surface area contributed by atoms with E-state index < -0.39 is 5.82 Å². The molecule has 1 N–H and O–H groups in total. The number of fused-ring (bicyclic) bond motifs is 1. The van der Waals surface area contributed by atoms with Crippen LogP contribution in [-0.2, 0) is 11.3 Å². The SMILES string of the molecule is COc1cccc(-c2cc3c(N4CCC(C(=O)NCc5ccc(F)c(Cl)c5)CC4)nccn3n2)c1. The Hall–Kier alpha value is -3.65. The van der Waals surface area contributed by atoms with Gasteiger partial charge in [0.05, 0.1) is 17.8 Å². The summed E-state index contributed by atoms with van der Waals surface area (Å²) in [5, 5.41) is 7.73. The summed E-state index contributed by atoms with van der Waals surface area (Å²) in [5.74, 6) is 1.08. The van der Waals surface area contributed by atoms with E-state index in [0.29, 0.717) is 19.6 Å². The maximum Gasteiger partial charge on any atom is 0.223 e. The molecular weight excluding hydrogens is 469 g/mol. The number of carbonyl (C=O) groups excluding carboxylic acids is 1. The van der Waals surface area contributed by atoms with Gasteiger partial charge in [-0.15, -0.1) is 0 Å². The van der Waals surface area contributed by atoms with Gasteiger partial charge in [0.2, 0.25) is 5.91 Å². The second-order valence-electron chi connectivity index (χ2n) is 8.57. The molecule has 0 radical (unpaired) electrons. The van der Waals surface area contributed by atoms with Gasteiger partial charge in [-0.25, -0.2) is 13.9 Å². The van der Waals surface area contributed by atoms with Crippen molar-refractivity contribution in [1.82, 2.24) is 19.9 Å². The van der Waals surface area contributed by atoms with Crippen molar-refractivity contribution in [2.45, 2.75) is 19.4 Å². The third kappa shape index (κ3) is 4.93. The van der Waals surface area contributed by atoms with E-state index >= 15 is 0 Å². The molecule has 1 aliphatic heterocycles. The molecular formula is C26H25ClFN5O2. The Labute approximate surface area is 207 Å². The van der Waals surface area contributed by atoms with Crippen LogP contribution in [0.3, 0.4) is 0 Å². The van der Waals surface area contributed by atoms with E-state index in [2.05, 4.69) is 15.2 Å². The molecule has 4 aromatic rings. The van der Waals surface area contributed by atoms with Crippen molar-refractivity contribution in [3.05, 3.63) is 77.3 Å². The van der Waals surface area contributed by atoms with Crippen LogP contribution in [0, 0.1) is 11.7 Å². The average molecular weight is 494 g/mol. The van der Waals surface area contributed by atoms with Crippen LogP contribution < -0.4 is 15.0 Å². The summed E-state index contributed by atoms with van der Waals surface area (Å²) in [7, 11) is 1.65. The number of nitrogens with one attached hydrogen (secondary N) is 1. The van der Waals surface area contributed by atoms with Crippen LogP contribution >= 0.6 is 11.6 Å². The zero-order chi connectivity index (χ0) is 24.4. The molecule has 0 unspecified atom stereocenters. The lowest BCUT2D eigenvalue weighted by molar-refractivity contribution is -0.125. The van der Waals surface area contributed by atoms with Crippen molar-refractivity contribution in [2.24, 2.45) is 5.92 Å². The zero-order valence-corrected chi connectivity index (χ0v) is 20.0. The number of aromatic nitrogens is 3. The number of ether oxygens (including phenoxy) is 1. The van der Waals surface area contributed by atoms with E-state index in [1.165, 1.54) is 12.1 Å². The number of amides is 1. The van der Waals surface area contributed by atoms with Crippen LogP contribution in [0.15, 0.2) is 60.9 Å². The van der Waals surface area contributed by atoms with Crippen LogP contribution in [0.1, 0.15) is 18.4 Å². The smallest absolute Gasteiger partial charge is 0.223 e. The fourth-order valence-corrected chi connectivity index (χ4v) is 4.62. The summed E-state index contributed by atoms with van der Waals surface area (Å²) >= 11 is 5.83. The van der Waals surface area contributed by atoms with Crippen molar-refractivity contribution < 1.29 is 13.9 Å². The van der Waals surface area contributed by atoms with Gasteiger partial charge in [-0.2, -0.15) is 5.10 Å². The van der Waals surface area contributed by atoms with Gasteiger partial charge in [0.1, 0.15) is 17.1 Å². The molecule has 7 nitrogen and oxygen atoms in total. The minimum absolute atomic E-state index is 0.000860. The Kier molecular flexibility index (Phi) is 6.55. The Morgan fingerprint density at radius 2 is 2.03 bits per heavy atom. The summed E-state index contributed by atoms with van der Waals surface area (Å²) in [6, 6.07) is 14.3. The van der Waals surface area contributed by atoms with Crippen LogP contribution in [0.25, 0.3) is 16.8 Å². The number of anilines is 1. The van der Waals surface area contributed by atoms with Gasteiger partial charge in [-0.3, -0.25) is 4.79 Å². The highest BCUT2D eigenvalue weighted by molar-refractivity contribution is 6.30. The van der Waals surface area contributed by atoms with E-state index in [0.717, 1.165) is 46.7 Å². The van der Waals surface area contributed by atoms with Gasteiger partial charge in [0.15, 0.2) is 5.82 Å². The number of methoxy groups -OCH3 is 1. The molecule has 0 bridgehead atoms. The summed E-state index contributed by atoms with van der Waals surface area (Å²) in [6.07, 6.45) is 5.02. The molecule has 0 saturated carbocycles. The first-order chi connectivity index (χ1) is 17.0. The van der Waals surface area contributed by atoms with Gasteiger partial charge in [0.25, 0.3) is 0 Å². The lowest BCUT2D eigenvalue weighted by atomic mass is 9.95. The number of hydrogen-bond acceptors (Lipinski definition) is 5. The molecule has 0 spiro atoms. The van der Waals surface area contributed by atoms with Gasteiger partial charge in [-0.1, -0.05) is 29.8 Å². The van der Waals surface area contributed by atoms with Crippen molar-refractivity contribution in [3.63, 3.8) is 0 Å². The minimum atomic E-state index is -0.466. The van der Waals surface area contributed by atoms with Gasteiger partial charge < -0.3 is 15.0 Å². The topological polar surface area (TPSA) is 71.8 Å². The van der Waals surface area contributed by atoms with E-state index in [1.54, 1.807) is 19.4 Å². The number of nitrogens with zero attached hydrogens (tertiary/aromatic N) is 4. The van der Waals surface area contributed by atoms with Crippen molar-refractivity contribution in [2.75, 3.05) is 25.1 Å². The number of rotatable bonds is 6. The van der Waals surface area contributed by atoms with E-state index in [1.807, 2.05) is 41.0 Å². The van der Waals surface area contributed by atoms with Gasteiger partial charge in [0, 0.05) is 43.5 Å². The fourth-order valence-electron chi connectivity index (χ4n) is 4.41. The van der Waals surface area contributed by atoms with Crippen molar-refractivity contribution in [1.29, 1.82) is 0 Å². The highest BCUT2D eigenvalue weighted by Gasteiger charge is 2.27. The Bertz CT molecular complexity index is 1370. The molecule has 0 aliphatic carbocycles. The number of halogens is 2. The molecule has 1 aliphatic rings. The molecule has 0 atom stereocenters. The Balaban J connectivity index is 1.25. The van der Waals surface area contributed by atoms with Crippen LogP contribution in [-0.4, -0.2) is 40.7 Å². The maximum atomic E-state index is 13.3. The average Bonchev–Trinajstić information content (AvgIpc) is 3.34. The molecule has 5 rings (SSSR count). The first kappa shape index (κ1) is 23.1. The highest BCUT2D eigenvalue weighted by atomic mass is 35.5. The summed E-state index contributed by atoms with van der Waals surface area (Å²) in [5.41, 5.74) is 3.50. The highest BCUT2D eigenvalue weighted by Crippen LogP contribution is 2.29. The first-order valence-corrected chi connectivity index (χ1v) is 11.8. The van der Waals surface area contributed by atoms with E-state index in [4.69, 9.17) is 21.4 Å². The molecule has 1 amide bonds. The molecule has 1 fully saturated rings. The number of benzene rings is 2. The van der Waals surface area contributed by atoms with Crippen molar-refractivity contribution in [3.8, 4) is 17.0 Å². The predicted octanol–water partition coefficient (Wildman–Crippen LogP) is 4.73. The molecule has 180 valence electrons. The molecule has 3 heterocycles. The van der Waals surface area contributed by atoms with Gasteiger partial charge in [-0.05, 0) is 48.7 Å². The fraction of sp³-hybridized carbons (Fsp3) is 0.269. The predicted molar refractivity (Wildman–Crippen MR) is 133 cm³/mol.